The molecular weight excluding hydrogens is 383 g/mol. The highest BCUT2D eigenvalue weighted by atomic mass is 35.5. The van der Waals surface area contributed by atoms with Gasteiger partial charge >= 0.3 is 0 Å². The number of hydrogen-bond donors (Lipinski definition) is 1. The fraction of sp³-hybridized carbons (Fsp3) is 0.222. The van der Waals surface area contributed by atoms with E-state index in [1.807, 2.05) is 18.2 Å². The van der Waals surface area contributed by atoms with Gasteiger partial charge in [-0.15, -0.1) is 0 Å². The lowest BCUT2D eigenvalue weighted by Gasteiger charge is -2.21. The third kappa shape index (κ3) is 5.63. The standard InChI is InChI=1S/C18H17Cl3N2O2/c1-12(24)23(14-6-7-16(20)17(21)10-14)9-8-18(25)22-11-13-4-2-3-5-15(13)19/h2-7,10H,8-9,11H2,1H3,(H,22,25). The van der Waals surface area contributed by atoms with Gasteiger partial charge in [0.25, 0.3) is 0 Å². The minimum Gasteiger partial charge on any atom is -0.352 e. The highest BCUT2D eigenvalue weighted by Crippen LogP contribution is 2.27. The Morgan fingerprint density at radius 3 is 2.36 bits per heavy atom. The Kier molecular flexibility index (Phi) is 7.12. The molecule has 0 saturated heterocycles. The third-order valence-corrected chi connectivity index (χ3v) is 4.70. The number of carbonyl (C=O) groups excluding carboxylic acids is 2. The first-order valence-corrected chi connectivity index (χ1v) is 8.75. The molecule has 7 heteroatoms. The Morgan fingerprint density at radius 2 is 1.72 bits per heavy atom. The summed E-state index contributed by atoms with van der Waals surface area (Å²) >= 11 is 17.9. The van der Waals surface area contributed by atoms with Gasteiger partial charge in [-0.25, -0.2) is 0 Å². The molecule has 2 aromatic carbocycles. The van der Waals surface area contributed by atoms with Gasteiger partial charge in [0, 0.05) is 37.1 Å². The van der Waals surface area contributed by atoms with Gasteiger partial charge in [0.2, 0.25) is 11.8 Å². The van der Waals surface area contributed by atoms with Crippen molar-refractivity contribution in [1.82, 2.24) is 5.32 Å². The zero-order chi connectivity index (χ0) is 18.4. The topological polar surface area (TPSA) is 49.4 Å². The Bertz CT molecular complexity index is 781. The van der Waals surface area contributed by atoms with Crippen LogP contribution >= 0.6 is 34.8 Å². The van der Waals surface area contributed by atoms with Crippen LogP contribution in [0.15, 0.2) is 42.5 Å². The minimum absolute atomic E-state index is 0.157. The molecule has 0 aliphatic rings. The minimum atomic E-state index is -0.183. The van der Waals surface area contributed by atoms with E-state index in [1.165, 1.54) is 11.8 Å². The number of rotatable bonds is 6. The van der Waals surface area contributed by atoms with Crippen molar-refractivity contribution in [1.29, 1.82) is 0 Å². The van der Waals surface area contributed by atoms with Crippen LogP contribution in [0.4, 0.5) is 5.69 Å². The molecule has 0 aliphatic heterocycles. The number of halogens is 3. The second kappa shape index (κ2) is 9.09. The zero-order valence-corrected chi connectivity index (χ0v) is 15.8. The summed E-state index contributed by atoms with van der Waals surface area (Å²) < 4.78 is 0. The molecule has 132 valence electrons. The van der Waals surface area contributed by atoms with E-state index < -0.39 is 0 Å². The fourth-order valence-corrected chi connectivity index (χ4v) is 2.75. The summed E-state index contributed by atoms with van der Waals surface area (Å²) in [4.78, 5) is 25.4. The molecule has 0 aromatic heterocycles. The molecule has 4 nitrogen and oxygen atoms in total. The maximum absolute atomic E-state index is 12.1. The van der Waals surface area contributed by atoms with Crippen molar-refractivity contribution in [3.63, 3.8) is 0 Å². The van der Waals surface area contributed by atoms with Crippen molar-refractivity contribution in [2.24, 2.45) is 0 Å². The molecule has 1 N–H and O–H groups in total. The second-order valence-electron chi connectivity index (χ2n) is 5.39. The van der Waals surface area contributed by atoms with Gasteiger partial charge in [-0.1, -0.05) is 53.0 Å². The molecule has 0 spiro atoms. The van der Waals surface area contributed by atoms with E-state index in [9.17, 15) is 9.59 Å². The van der Waals surface area contributed by atoms with Crippen LogP contribution in [0.3, 0.4) is 0 Å². The van der Waals surface area contributed by atoms with Crippen molar-refractivity contribution in [3.05, 3.63) is 63.1 Å². The summed E-state index contributed by atoms with van der Waals surface area (Å²) in [5.41, 5.74) is 1.44. The van der Waals surface area contributed by atoms with Crippen LogP contribution in [0.25, 0.3) is 0 Å². The molecule has 0 fully saturated rings. The Hall–Kier alpha value is -1.75. The fourth-order valence-electron chi connectivity index (χ4n) is 2.26. The molecule has 0 aliphatic carbocycles. The molecule has 25 heavy (non-hydrogen) atoms. The van der Waals surface area contributed by atoms with Crippen LogP contribution in [0.2, 0.25) is 15.1 Å². The van der Waals surface area contributed by atoms with E-state index in [1.54, 1.807) is 24.3 Å². The van der Waals surface area contributed by atoms with Crippen molar-refractivity contribution >= 4 is 52.3 Å². The van der Waals surface area contributed by atoms with Gasteiger partial charge in [-0.2, -0.15) is 0 Å². The van der Waals surface area contributed by atoms with E-state index >= 15 is 0 Å². The number of amides is 2. The van der Waals surface area contributed by atoms with Gasteiger partial charge < -0.3 is 10.2 Å². The van der Waals surface area contributed by atoms with Crippen LogP contribution in [0, 0.1) is 0 Å². The number of carbonyl (C=O) groups is 2. The third-order valence-electron chi connectivity index (χ3n) is 3.59. The summed E-state index contributed by atoms with van der Waals surface area (Å²) in [5.74, 6) is -0.358. The molecule has 2 amide bonds. The molecule has 0 saturated carbocycles. The van der Waals surface area contributed by atoms with E-state index in [-0.39, 0.29) is 24.8 Å². The first-order chi connectivity index (χ1) is 11.9. The lowest BCUT2D eigenvalue weighted by molar-refractivity contribution is -0.121. The predicted octanol–water partition coefficient (Wildman–Crippen LogP) is 4.71. The average molecular weight is 400 g/mol. The van der Waals surface area contributed by atoms with E-state index in [0.29, 0.717) is 27.3 Å². The lowest BCUT2D eigenvalue weighted by atomic mass is 10.2. The van der Waals surface area contributed by atoms with Crippen molar-refractivity contribution in [2.45, 2.75) is 19.9 Å². The highest BCUT2D eigenvalue weighted by molar-refractivity contribution is 6.42. The smallest absolute Gasteiger partial charge is 0.223 e. The first kappa shape index (κ1) is 19.6. The van der Waals surface area contributed by atoms with Crippen LogP contribution < -0.4 is 10.2 Å². The Morgan fingerprint density at radius 1 is 1.00 bits per heavy atom. The number of anilines is 1. The van der Waals surface area contributed by atoms with Crippen molar-refractivity contribution < 1.29 is 9.59 Å². The van der Waals surface area contributed by atoms with Gasteiger partial charge in [-0.3, -0.25) is 9.59 Å². The summed E-state index contributed by atoms with van der Waals surface area (Å²) in [6.07, 6.45) is 0.157. The average Bonchev–Trinajstić information content (AvgIpc) is 2.57. The predicted molar refractivity (Wildman–Crippen MR) is 102 cm³/mol. The highest BCUT2D eigenvalue weighted by Gasteiger charge is 2.15. The maximum atomic E-state index is 12.1. The van der Waals surface area contributed by atoms with Gasteiger partial charge in [0.1, 0.15) is 0 Å². The summed E-state index contributed by atoms with van der Waals surface area (Å²) in [6, 6.07) is 12.2. The Balaban J connectivity index is 1.94. The maximum Gasteiger partial charge on any atom is 0.223 e. The van der Waals surface area contributed by atoms with E-state index in [2.05, 4.69) is 5.32 Å². The van der Waals surface area contributed by atoms with Crippen molar-refractivity contribution in [3.8, 4) is 0 Å². The van der Waals surface area contributed by atoms with Crippen LogP contribution in [-0.4, -0.2) is 18.4 Å². The monoisotopic (exact) mass is 398 g/mol. The lowest BCUT2D eigenvalue weighted by Crippen LogP contribution is -2.33. The molecule has 0 radical (unpaired) electrons. The van der Waals surface area contributed by atoms with Crippen LogP contribution in [0.5, 0.6) is 0 Å². The Labute approximate surface area is 161 Å². The normalized spacial score (nSPS) is 10.4. The van der Waals surface area contributed by atoms with Crippen molar-refractivity contribution in [2.75, 3.05) is 11.4 Å². The van der Waals surface area contributed by atoms with E-state index in [4.69, 9.17) is 34.8 Å². The number of nitrogens with zero attached hydrogens (tertiary/aromatic N) is 1. The molecule has 2 aromatic rings. The summed E-state index contributed by atoms with van der Waals surface area (Å²) in [6.45, 7) is 2.01. The number of nitrogens with one attached hydrogen (secondary N) is 1. The molecule has 0 heterocycles. The first-order valence-electron chi connectivity index (χ1n) is 7.61. The molecule has 2 rings (SSSR count). The molecular formula is C18H17Cl3N2O2. The molecule has 0 bridgehead atoms. The summed E-state index contributed by atoms with van der Waals surface area (Å²) in [7, 11) is 0. The van der Waals surface area contributed by atoms with Gasteiger partial charge in [-0.05, 0) is 29.8 Å². The molecule has 0 atom stereocenters. The van der Waals surface area contributed by atoms with Gasteiger partial charge in [0.05, 0.1) is 10.0 Å². The number of hydrogen-bond acceptors (Lipinski definition) is 2. The van der Waals surface area contributed by atoms with Crippen LogP contribution in [-0.2, 0) is 16.1 Å². The summed E-state index contributed by atoms with van der Waals surface area (Å²) in [5, 5.41) is 4.16. The zero-order valence-electron chi connectivity index (χ0n) is 13.6. The molecule has 0 unspecified atom stereocenters. The SMILES string of the molecule is CC(=O)N(CCC(=O)NCc1ccccc1Cl)c1ccc(Cl)c(Cl)c1. The second-order valence-corrected chi connectivity index (χ2v) is 6.61. The van der Waals surface area contributed by atoms with Crippen LogP contribution in [0.1, 0.15) is 18.9 Å². The largest absolute Gasteiger partial charge is 0.352 e. The van der Waals surface area contributed by atoms with Gasteiger partial charge in [0.15, 0.2) is 0 Å². The van der Waals surface area contributed by atoms with E-state index in [0.717, 1.165) is 5.56 Å². The number of benzene rings is 2. The quantitative estimate of drug-likeness (QED) is 0.765.